The Hall–Kier alpha value is -2.73. The second-order valence-corrected chi connectivity index (χ2v) is 31.1. The highest BCUT2D eigenvalue weighted by atomic mass is 31.2. The van der Waals surface area contributed by atoms with Crippen LogP contribution in [0.4, 0.5) is 8.78 Å². The summed E-state index contributed by atoms with van der Waals surface area (Å²) in [5.41, 5.74) is -4.53. The summed E-state index contributed by atoms with van der Waals surface area (Å²) >= 11 is 0. The van der Waals surface area contributed by atoms with Gasteiger partial charge in [0.15, 0.2) is 6.29 Å². The van der Waals surface area contributed by atoms with E-state index < -0.39 is 115 Å². The van der Waals surface area contributed by atoms with Gasteiger partial charge in [0.1, 0.15) is 30.0 Å². The summed E-state index contributed by atoms with van der Waals surface area (Å²) in [5.74, 6) is -6.31. The van der Waals surface area contributed by atoms with Crippen molar-refractivity contribution in [2.45, 2.75) is 280 Å². The number of benzene rings is 2. The minimum atomic E-state index is -2.58. The summed E-state index contributed by atoms with van der Waals surface area (Å²) < 4.78 is 61.3. The van der Waals surface area contributed by atoms with Crippen LogP contribution in [0.15, 0.2) is 60.7 Å². The number of aliphatic hydroxyl groups excluding tert-OH is 3. The molecule has 18 atom stereocenters. The van der Waals surface area contributed by atoms with Crippen LogP contribution in [0.25, 0.3) is 0 Å². The molecule has 84 heavy (non-hydrogen) atoms. The number of halogens is 2. The Morgan fingerprint density at radius 1 is 0.786 bits per heavy atom. The van der Waals surface area contributed by atoms with Crippen LogP contribution in [0.2, 0.25) is 0 Å². The Balaban J connectivity index is 1.15. The summed E-state index contributed by atoms with van der Waals surface area (Å²) in [6.07, 6.45) is 3.13. The Bertz CT molecular complexity index is 2270. The largest absolute Gasteiger partial charge is 0.459 e. The lowest BCUT2D eigenvalue weighted by Gasteiger charge is -2.51. The summed E-state index contributed by atoms with van der Waals surface area (Å²) in [6.45, 7) is 17.7. The fraction of sp³-hybridized carbons (Fsp3) is 0.791. The molecular weight excluding hydrogens is 1090 g/mol. The van der Waals surface area contributed by atoms with E-state index >= 15 is 0 Å². The van der Waals surface area contributed by atoms with Gasteiger partial charge in [-0.05, 0) is 143 Å². The number of alkyl halides is 2. The number of esters is 1. The third-order valence-corrected chi connectivity index (χ3v) is 25.5. The molecule has 478 valence electrons. The Morgan fingerprint density at radius 3 is 1.87 bits per heavy atom. The molecule has 1 unspecified atom stereocenters. The molecule has 3 heterocycles. The maximum Gasteiger partial charge on any atom is 0.309 e. The first-order chi connectivity index (χ1) is 39.5. The van der Waals surface area contributed by atoms with E-state index in [-0.39, 0.29) is 68.8 Å². The van der Waals surface area contributed by atoms with Gasteiger partial charge in [0.2, 0.25) is 11.8 Å². The quantitative estimate of drug-likeness (QED) is 0.0452. The van der Waals surface area contributed by atoms with E-state index in [1.54, 1.807) is 46.4 Å². The molecule has 2 aromatic rings. The van der Waals surface area contributed by atoms with E-state index in [1.165, 1.54) is 24.6 Å². The summed E-state index contributed by atoms with van der Waals surface area (Å²) in [5, 5.41) is 63.6. The molecule has 17 heteroatoms. The summed E-state index contributed by atoms with van der Waals surface area (Å²) in [7, 11) is 3.34. The molecule has 2 aromatic carbocycles. The van der Waals surface area contributed by atoms with Crippen LogP contribution in [0.5, 0.6) is 0 Å². The molecule has 0 aromatic heterocycles. The number of unbranched alkanes of at least 4 members (excludes halogenated alkanes) is 8. The molecule has 4 aliphatic rings. The first-order valence-electron chi connectivity index (χ1n) is 32.1. The topological polar surface area (TPSA) is 188 Å². The van der Waals surface area contributed by atoms with E-state index in [0.29, 0.717) is 25.7 Å². The number of hydrogen-bond donors (Lipinski definition) is 5. The molecule has 1 amide bonds. The number of hydrogen-bond acceptors (Lipinski definition) is 13. The van der Waals surface area contributed by atoms with Gasteiger partial charge in [-0.1, -0.05) is 103 Å². The number of carbonyl (C=O) groups excluding carboxylic acids is 2. The van der Waals surface area contributed by atoms with Gasteiger partial charge < -0.3 is 59.0 Å². The van der Waals surface area contributed by atoms with Gasteiger partial charge in [-0.2, -0.15) is 0 Å². The summed E-state index contributed by atoms with van der Waals surface area (Å²) in [6, 6.07) is 20.1. The minimum absolute atomic E-state index is 0.0416. The number of aliphatic hydroxyl groups is 5. The van der Waals surface area contributed by atoms with Gasteiger partial charge in [-0.25, -0.2) is 8.78 Å². The minimum Gasteiger partial charge on any atom is -0.459 e. The number of likely N-dealkylation sites (N-methyl/N-ethyl adjacent to an activating group) is 1. The van der Waals surface area contributed by atoms with Crippen LogP contribution in [0, 0.1) is 23.7 Å². The average Bonchev–Trinajstić information content (AvgIpc) is 1.98. The molecule has 3 aliphatic heterocycles. The zero-order chi connectivity index (χ0) is 62.0. The van der Waals surface area contributed by atoms with E-state index in [1.807, 2.05) is 51.9 Å². The van der Waals surface area contributed by atoms with Crippen LogP contribution in [0.3, 0.4) is 0 Å². The van der Waals surface area contributed by atoms with Gasteiger partial charge in [-0.3, -0.25) is 9.59 Å². The van der Waals surface area contributed by atoms with Crippen LogP contribution in [0.1, 0.15) is 185 Å². The number of nitrogens with zero attached hydrogens (tertiary/aromatic N) is 2. The second kappa shape index (κ2) is 30.7. The van der Waals surface area contributed by atoms with Crippen molar-refractivity contribution in [3.63, 3.8) is 0 Å². The zero-order valence-corrected chi connectivity index (χ0v) is 54.2. The first-order valence-corrected chi connectivity index (χ1v) is 34.1. The number of cyclic esters (lactones) is 1. The molecule has 0 radical (unpaired) electrons. The van der Waals surface area contributed by atoms with E-state index in [2.05, 4.69) is 48.5 Å². The Morgan fingerprint density at radius 2 is 1.33 bits per heavy atom. The molecule has 5 N–H and O–H groups in total. The van der Waals surface area contributed by atoms with Crippen LogP contribution in [-0.4, -0.2) is 177 Å². The van der Waals surface area contributed by atoms with Crippen molar-refractivity contribution in [3.05, 3.63) is 60.7 Å². The van der Waals surface area contributed by atoms with Gasteiger partial charge in [-0.15, -0.1) is 0 Å². The van der Waals surface area contributed by atoms with Crippen LogP contribution in [-0.2, 0) is 33.3 Å². The average molecular weight is 1200 g/mol. The van der Waals surface area contributed by atoms with Gasteiger partial charge in [0.25, 0.3) is 0 Å². The lowest BCUT2D eigenvalue weighted by molar-refractivity contribution is -0.302. The highest BCUT2D eigenvalue weighted by molar-refractivity contribution is 7.90. The van der Waals surface area contributed by atoms with Crippen LogP contribution >= 0.6 is 7.26 Å². The lowest BCUT2D eigenvalue weighted by Crippen LogP contribution is -2.61. The maximum absolute atomic E-state index is 14.8. The fourth-order valence-electron chi connectivity index (χ4n) is 15.3. The highest BCUT2D eigenvalue weighted by Gasteiger charge is 2.56. The lowest BCUT2D eigenvalue weighted by atomic mass is 9.68. The Labute approximate surface area is 503 Å². The van der Waals surface area contributed by atoms with Crippen molar-refractivity contribution in [2.75, 3.05) is 33.9 Å². The van der Waals surface area contributed by atoms with E-state index in [4.69, 9.17) is 23.7 Å². The van der Waals surface area contributed by atoms with Gasteiger partial charge in [0.05, 0.1) is 77.3 Å². The third kappa shape index (κ3) is 16.9. The van der Waals surface area contributed by atoms with E-state index in [0.717, 1.165) is 57.5 Å². The monoisotopic (exact) mass is 1200 g/mol. The summed E-state index contributed by atoms with van der Waals surface area (Å²) in [4.78, 5) is 33.0. The molecule has 4 fully saturated rings. The standard InChI is InChI=1S/C67H110F2N2O12P/c1-14-55-66(10,78)59(74)48(6)71(56(72)34-28-20-18-16-15-17-19-21-29-39-84(50-30-24-22-25-31-50,51-32-26-23-27-33-51)52-35-37-67(68,69)38-36-52)43-44(2)41-64(8,77)61(83-63-58(73)53(70(11)12)40-45(3)80-63)46(4)57(47(5)62(76)82-55)54-42-65(9,79-13)60(75)49(7)81-54/h22-27,30-33,44-49,52-55,57-61,63,73-75,77-78H,14-21,28-29,34-43H2,1-13H3/q+1/t44-,45-,46+,47-,48-,49+,53+,54-,55-,57?,58-,59-,60+,61-,63+,64-,65-,66-/m1/s1. The number of amides is 1. The second-order valence-electron chi connectivity index (χ2n) is 27.1. The number of rotatable bonds is 21. The SMILES string of the molecule is CC[C@H]1OC(=O)[C@H](C)C([C@H]2C[C@@](C)(OC)[C@@H](O)[C@H](C)O2)[C@H](C)[C@@H](O[C@@H]2O[C@H](C)C[C@H](N(C)C)[C@H]2O)[C@](C)(O)C[C@@H](C)CN(C(=O)CCCCCCCCCCC[P+](c2ccccc2)(c2ccccc2)C2CCC(F)(F)CC2)[C@H](C)[C@@H](O)[C@]1(C)O. The van der Waals surface area contributed by atoms with Crippen LogP contribution < -0.4 is 10.6 Å². The number of carbonyl (C=O) groups is 2. The molecule has 1 saturated carbocycles. The fourth-order valence-corrected chi connectivity index (χ4v) is 20.6. The zero-order valence-electron chi connectivity index (χ0n) is 53.3. The Kier molecular flexibility index (Phi) is 25.7. The predicted molar refractivity (Wildman–Crippen MR) is 329 cm³/mol. The highest BCUT2D eigenvalue weighted by Crippen LogP contribution is 2.65. The van der Waals surface area contributed by atoms with E-state index in [9.17, 15) is 43.9 Å². The van der Waals surface area contributed by atoms with Gasteiger partial charge >= 0.3 is 5.97 Å². The maximum atomic E-state index is 14.8. The smallest absolute Gasteiger partial charge is 0.309 e. The van der Waals surface area contributed by atoms with Gasteiger partial charge in [0, 0.05) is 51.3 Å². The molecule has 0 spiro atoms. The molecule has 1 aliphatic carbocycles. The van der Waals surface area contributed by atoms with Crippen molar-refractivity contribution < 1.29 is 67.6 Å². The molecular formula is C67H110F2N2O12P+. The molecule has 0 bridgehead atoms. The molecule has 14 nitrogen and oxygen atoms in total. The van der Waals surface area contributed by atoms with Crippen molar-refractivity contribution >= 4 is 29.7 Å². The number of ether oxygens (including phenoxy) is 5. The molecule has 3 saturated heterocycles. The number of methoxy groups -OCH3 is 1. The van der Waals surface area contributed by atoms with Crippen molar-refractivity contribution in [1.82, 2.24) is 9.80 Å². The first kappa shape index (κ1) is 70.4. The predicted octanol–water partition coefficient (Wildman–Crippen LogP) is 10.2. The van der Waals surface area contributed by atoms with Crippen molar-refractivity contribution in [3.8, 4) is 0 Å². The van der Waals surface area contributed by atoms with Crippen molar-refractivity contribution in [1.29, 1.82) is 0 Å². The third-order valence-electron chi connectivity index (χ3n) is 20.2. The normalized spacial score (nSPS) is 37.1. The molecule has 6 rings (SSSR count). The van der Waals surface area contributed by atoms with Crippen molar-refractivity contribution in [2.24, 2.45) is 23.7 Å².